The molecule has 0 saturated heterocycles. The summed E-state index contributed by atoms with van der Waals surface area (Å²) in [7, 11) is 8.92. The van der Waals surface area contributed by atoms with E-state index in [-0.39, 0.29) is 16.9 Å². The van der Waals surface area contributed by atoms with Crippen LogP contribution < -0.4 is 39.3 Å². The highest BCUT2D eigenvalue weighted by Gasteiger charge is 2.32. The fourth-order valence-electron chi connectivity index (χ4n) is 5.88. The molecule has 0 fully saturated rings. The molecule has 0 N–H and O–H groups in total. The summed E-state index contributed by atoms with van der Waals surface area (Å²) in [5.41, 5.74) is -1.47. The van der Waals surface area contributed by atoms with Crippen molar-refractivity contribution < 1.29 is 28.4 Å². The number of hydrogen-bond donors (Lipinski definition) is 0. The van der Waals surface area contributed by atoms with Gasteiger partial charge in [0.1, 0.15) is 5.75 Å². The van der Waals surface area contributed by atoms with Gasteiger partial charge >= 0.3 is 0 Å². The summed E-state index contributed by atoms with van der Waals surface area (Å²) in [6.45, 7) is 0. The number of fused-ring (bicyclic) bond motifs is 5. The molecule has 0 saturated carbocycles. The van der Waals surface area contributed by atoms with Crippen LogP contribution in [0.2, 0.25) is 0 Å². The van der Waals surface area contributed by atoms with Crippen molar-refractivity contribution >= 4 is 53.9 Å². The van der Waals surface area contributed by atoms with Gasteiger partial charge in [-0.15, -0.1) is 0 Å². The predicted octanol–water partition coefficient (Wildman–Crippen LogP) is 5.10. The molecule has 0 unspecified atom stereocenters. The van der Waals surface area contributed by atoms with E-state index in [1.165, 1.54) is 28.4 Å². The Morgan fingerprint density at radius 2 is 1.03 bits per heavy atom. The Balaban J connectivity index is 2.19. The third-order valence-corrected chi connectivity index (χ3v) is 7.29. The average Bonchev–Trinajstić information content (AvgIpc) is 2.95. The van der Waals surface area contributed by atoms with Gasteiger partial charge in [-0.05, 0) is 33.7 Å². The maximum absolute atomic E-state index is 13.9. The minimum Gasteiger partial charge on any atom is -0.496 e. The van der Waals surface area contributed by atoms with Crippen LogP contribution in [0.15, 0.2) is 46.0 Å². The second kappa shape index (κ2) is 8.41. The fraction of sp³-hybridized carbons (Fsp3) is 0.200. The average molecular weight is 513 g/mol. The van der Waals surface area contributed by atoms with E-state index in [2.05, 4.69) is 0 Å². The van der Waals surface area contributed by atoms with Crippen LogP contribution in [-0.4, -0.2) is 42.7 Å². The van der Waals surface area contributed by atoms with Gasteiger partial charge < -0.3 is 28.4 Å². The van der Waals surface area contributed by atoms with Crippen LogP contribution in [0.4, 0.5) is 0 Å². The van der Waals surface area contributed by atoms with Crippen LogP contribution in [0, 0.1) is 0 Å². The Labute approximate surface area is 216 Å². The molecule has 6 rings (SSSR count). The van der Waals surface area contributed by atoms with E-state index in [4.69, 9.17) is 28.4 Å². The van der Waals surface area contributed by atoms with E-state index in [1.807, 2.05) is 36.4 Å². The number of ether oxygens (including phenoxy) is 6. The summed E-state index contributed by atoms with van der Waals surface area (Å²) in [5.74, 6) is 1.55. The molecule has 0 amide bonds. The number of rotatable bonds is 6. The highest BCUT2D eigenvalue weighted by Crippen LogP contribution is 2.57. The normalized spacial score (nSPS) is 11.6. The molecule has 0 aliphatic heterocycles. The highest BCUT2D eigenvalue weighted by atomic mass is 16.5. The van der Waals surface area contributed by atoms with Gasteiger partial charge in [0.25, 0.3) is 5.43 Å². The van der Waals surface area contributed by atoms with Gasteiger partial charge in [0.2, 0.25) is 16.9 Å². The van der Waals surface area contributed by atoms with Crippen molar-refractivity contribution in [2.24, 2.45) is 0 Å². The maximum atomic E-state index is 13.9. The quantitative estimate of drug-likeness (QED) is 0.173. The molecule has 0 heterocycles. The lowest BCUT2D eigenvalue weighted by Crippen LogP contribution is -2.26. The predicted molar refractivity (Wildman–Crippen MR) is 148 cm³/mol. The Morgan fingerprint density at radius 3 is 1.66 bits per heavy atom. The lowest BCUT2D eigenvalue weighted by atomic mass is 9.85. The summed E-state index contributed by atoms with van der Waals surface area (Å²) in [5, 5.41) is 6.43. The molecule has 6 aromatic rings. The van der Waals surface area contributed by atoms with Crippen molar-refractivity contribution in [3.8, 4) is 34.5 Å². The topological polar surface area (TPSA) is 89.5 Å². The van der Waals surface area contributed by atoms with Crippen molar-refractivity contribution in [1.29, 1.82) is 0 Å². The number of benzene rings is 6. The molecule has 0 aliphatic carbocycles. The standard InChI is InChI=1S/C30H24O8/c1-33-16-12-14-11-13-9-7-8-10-15(13)18-17(14)20-19(16)26(34-2)30(38-6)28(36-4)22(20)23-21(18)24(31)25(32)29(37-5)27(23)35-3/h7-12H,1-6H3. The van der Waals surface area contributed by atoms with Crippen molar-refractivity contribution in [2.45, 2.75) is 0 Å². The summed E-state index contributed by atoms with van der Waals surface area (Å²) in [4.78, 5) is 27.2. The Hall–Kier alpha value is -4.72. The first-order chi connectivity index (χ1) is 18.5. The van der Waals surface area contributed by atoms with Crippen LogP contribution >= 0.6 is 0 Å². The van der Waals surface area contributed by atoms with E-state index in [1.54, 1.807) is 14.2 Å². The second-order valence-corrected chi connectivity index (χ2v) is 8.85. The SMILES string of the molecule is COc1c(OC)c2c(OC)cc3cc4ccccc4c4c5c(=O)c(=O)c(OC)c(OC)c5c(c1OC)c2c34. The molecule has 0 aromatic heterocycles. The Morgan fingerprint density at radius 1 is 0.447 bits per heavy atom. The first kappa shape index (κ1) is 23.7. The molecule has 192 valence electrons. The highest BCUT2D eigenvalue weighted by molar-refractivity contribution is 6.42. The maximum Gasteiger partial charge on any atom is 0.271 e. The molecule has 38 heavy (non-hydrogen) atoms. The number of hydrogen-bond acceptors (Lipinski definition) is 8. The molecule has 0 bridgehead atoms. The van der Waals surface area contributed by atoms with Crippen LogP contribution in [0.25, 0.3) is 53.9 Å². The van der Waals surface area contributed by atoms with E-state index < -0.39 is 10.9 Å². The lowest BCUT2D eigenvalue weighted by molar-refractivity contribution is 0.328. The van der Waals surface area contributed by atoms with Gasteiger partial charge in [-0.25, -0.2) is 0 Å². The van der Waals surface area contributed by atoms with Gasteiger partial charge in [0, 0.05) is 26.9 Å². The molecule has 0 spiro atoms. The largest absolute Gasteiger partial charge is 0.496 e. The monoisotopic (exact) mass is 512 g/mol. The fourth-order valence-corrected chi connectivity index (χ4v) is 5.88. The zero-order valence-electron chi connectivity index (χ0n) is 21.7. The van der Waals surface area contributed by atoms with Gasteiger partial charge in [-0.1, -0.05) is 24.3 Å². The Bertz CT molecular complexity index is 2030. The zero-order chi connectivity index (χ0) is 26.9. The third-order valence-electron chi connectivity index (χ3n) is 7.29. The van der Waals surface area contributed by atoms with Gasteiger partial charge in [-0.2, -0.15) is 0 Å². The molecule has 8 nitrogen and oxygen atoms in total. The molecule has 0 radical (unpaired) electrons. The van der Waals surface area contributed by atoms with Gasteiger partial charge in [0.05, 0.1) is 48.0 Å². The molecule has 6 aromatic carbocycles. The van der Waals surface area contributed by atoms with Crippen LogP contribution in [-0.2, 0) is 0 Å². The van der Waals surface area contributed by atoms with E-state index >= 15 is 0 Å². The van der Waals surface area contributed by atoms with Crippen LogP contribution in [0.5, 0.6) is 34.5 Å². The van der Waals surface area contributed by atoms with Crippen LogP contribution in [0.3, 0.4) is 0 Å². The van der Waals surface area contributed by atoms with E-state index in [0.717, 1.165) is 26.9 Å². The van der Waals surface area contributed by atoms with Crippen LogP contribution in [0.1, 0.15) is 0 Å². The molecular weight excluding hydrogens is 488 g/mol. The smallest absolute Gasteiger partial charge is 0.271 e. The minimum absolute atomic E-state index is 0.133. The second-order valence-electron chi connectivity index (χ2n) is 8.85. The van der Waals surface area contributed by atoms with E-state index in [0.29, 0.717) is 44.5 Å². The molecule has 0 atom stereocenters. The van der Waals surface area contributed by atoms with Crippen molar-refractivity contribution in [3.63, 3.8) is 0 Å². The number of methoxy groups -OCH3 is 6. The summed E-state index contributed by atoms with van der Waals surface area (Å²) >= 11 is 0. The first-order valence-electron chi connectivity index (χ1n) is 11.8. The minimum atomic E-state index is -0.781. The Kier molecular flexibility index (Phi) is 5.24. The molecular formula is C30H24O8. The van der Waals surface area contributed by atoms with Crippen molar-refractivity contribution in [1.82, 2.24) is 0 Å². The van der Waals surface area contributed by atoms with Gasteiger partial charge in [-0.3, -0.25) is 9.59 Å². The summed E-state index contributed by atoms with van der Waals surface area (Å²) in [6.07, 6.45) is 0. The summed E-state index contributed by atoms with van der Waals surface area (Å²) < 4.78 is 34.7. The van der Waals surface area contributed by atoms with E-state index in [9.17, 15) is 9.59 Å². The molecule has 0 aliphatic rings. The van der Waals surface area contributed by atoms with Gasteiger partial charge in [0.15, 0.2) is 17.2 Å². The van der Waals surface area contributed by atoms with Crippen molar-refractivity contribution in [2.75, 3.05) is 42.7 Å². The zero-order valence-corrected chi connectivity index (χ0v) is 21.7. The third kappa shape index (κ3) is 2.74. The molecule has 8 heteroatoms. The first-order valence-corrected chi connectivity index (χ1v) is 11.8. The van der Waals surface area contributed by atoms with Crippen molar-refractivity contribution in [3.05, 3.63) is 56.8 Å². The summed E-state index contributed by atoms with van der Waals surface area (Å²) in [6, 6.07) is 11.7. The lowest BCUT2D eigenvalue weighted by Gasteiger charge is -2.24.